The molecule has 0 amide bonds. The second kappa shape index (κ2) is 6.31. The van der Waals surface area contributed by atoms with E-state index < -0.39 is 34.6 Å². The Balaban J connectivity index is 1.83. The van der Waals surface area contributed by atoms with Crippen molar-refractivity contribution in [2.45, 2.75) is 56.9 Å². The van der Waals surface area contributed by atoms with Crippen molar-refractivity contribution >= 4 is 11.6 Å². The predicted octanol–water partition coefficient (Wildman–Crippen LogP) is 2.13. The summed E-state index contributed by atoms with van der Waals surface area (Å²) in [4.78, 5) is 24.5. The molecule has 5 nitrogen and oxygen atoms in total. The Morgan fingerprint density at radius 3 is 2.79 bits per heavy atom. The molecule has 0 aromatic heterocycles. The zero-order chi connectivity index (χ0) is 20.5. The molecule has 0 bridgehead atoms. The second-order valence-electron chi connectivity index (χ2n) is 9.37. The van der Waals surface area contributed by atoms with Gasteiger partial charge in [-0.05, 0) is 50.2 Å². The van der Waals surface area contributed by atoms with Crippen molar-refractivity contribution in [1.29, 1.82) is 0 Å². The first kappa shape index (κ1) is 19.9. The van der Waals surface area contributed by atoms with Gasteiger partial charge in [-0.1, -0.05) is 18.6 Å². The summed E-state index contributed by atoms with van der Waals surface area (Å²) in [6.07, 6.45) is 5.16. The van der Waals surface area contributed by atoms with Gasteiger partial charge in [-0.25, -0.2) is 4.39 Å². The van der Waals surface area contributed by atoms with Gasteiger partial charge in [0.25, 0.3) is 0 Å². The molecule has 4 aliphatic carbocycles. The van der Waals surface area contributed by atoms with Crippen molar-refractivity contribution in [1.82, 2.24) is 0 Å². The highest BCUT2D eigenvalue weighted by Crippen LogP contribution is 2.67. The summed E-state index contributed by atoms with van der Waals surface area (Å²) < 4.78 is 22.9. The minimum atomic E-state index is -1.90. The number of carbonyl (C=O) groups is 2. The highest BCUT2D eigenvalue weighted by atomic mass is 19.1. The van der Waals surface area contributed by atoms with Crippen molar-refractivity contribution in [3.8, 4) is 0 Å². The number of alkyl halides is 1. The van der Waals surface area contributed by atoms with E-state index in [1.807, 2.05) is 6.92 Å². The molecule has 6 heteroatoms. The van der Waals surface area contributed by atoms with Crippen molar-refractivity contribution in [3.05, 3.63) is 23.8 Å². The van der Waals surface area contributed by atoms with Crippen LogP contribution in [-0.2, 0) is 14.3 Å². The molecule has 28 heavy (non-hydrogen) atoms. The Bertz CT molecular complexity index is 778. The van der Waals surface area contributed by atoms with Crippen molar-refractivity contribution < 1.29 is 23.8 Å². The van der Waals surface area contributed by atoms with E-state index >= 15 is 4.39 Å². The van der Waals surface area contributed by atoms with Crippen LogP contribution in [0.4, 0.5) is 4.39 Å². The third kappa shape index (κ3) is 2.22. The Morgan fingerprint density at radius 2 is 2.14 bits per heavy atom. The van der Waals surface area contributed by atoms with E-state index in [1.165, 1.54) is 12.2 Å². The zero-order valence-electron chi connectivity index (χ0n) is 16.8. The van der Waals surface area contributed by atoms with E-state index in [-0.39, 0.29) is 36.4 Å². The van der Waals surface area contributed by atoms with E-state index in [4.69, 9.17) is 10.5 Å². The topological polar surface area (TPSA) is 89.6 Å². The zero-order valence-corrected chi connectivity index (χ0v) is 16.8. The molecule has 1 unspecified atom stereocenters. The van der Waals surface area contributed by atoms with Gasteiger partial charge in [-0.15, -0.1) is 0 Å². The van der Waals surface area contributed by atoms with Gasteiger partial charge >= 0.3 is 0 Å². The van der Waals surface area contributed by atoms with Crippen LogP contribution in [0.2, 0.25) is 0 Å². The lowest BCUT2D eigenvalue weighted by atomic mass is 9.47. The van der Waals surface area contributed by atoms with Crippen molar-refractivity contribution in [2.24, 2.45) is 34.8 Å². The third-order valence-corrected chi connectivity index (χ3v) is 8.38. The van der Waals surface area contributed by atoms with Crippen LogP contribution in [-0.4, -0.2) is 47.7 Å². The van der Waals surface area contributed by atoms with Gasteiger partial charge in [0.2, 0.25) is 0 Å². The molecule has 0 radical (unpaired) electrons. The summed E-state index contributed by atoms with van der Waals surface area (Å²) in [5.41, 5.74) is 2.61. The van der Waals surface area contributed by atoms with Crippen LogP contribution in [0.15, 0.2) is 23.8 Å². The van der Waals surface area contributed by atoms with Crippen LogP contribution >= 0.6 is 0 Å². The number of aliphatic hydroxyl groups is 1. The third-order valence-electron chi connectivity index (χ3n) is 8.38. The van der Waals surface area contributed by atoms with Gasteiger partial charge in [0.1, 0.15) is 0 Å². The van der Waals surface area contributed by atoms with Crippen molar-refractivity contribution in [3.63, 3.8) is 0 Å². The fourth-order valence-electron chi connectivity index (χ4n) is 7.19. The van der Waals surface area contributed by atoms with Gasteiger partial charge in [-0.3, -0.25) is 9.59 Å². The van der Waals surface area contributed by atoms with Crippen LogP contribution in [0.25, 0.3) is 0 Å². The fraction of sp³-hybridized carbons (Fsp3) is 0.727. The first-order valence-corrected chi connectivity index (χ1v) is 10.2. The van der Waals surface area contributed by atoms with Gasteiger partial charge in [-0.2, -0.15) is 0 Å². The first-order chi connectivity index (χ1) is 13.2. The number of methoxy groups -OCH3 is 1. The van der Waals surface area contributed by atoms with Gasteiger partial charge in [0.15, 0.2) is 17.2 Å². The number of hydrogen-bond acceptors (Lipinski definition) is 5. The SMILES string of the molecule is CO[C@]12C[C@H](O)[C@@]3(F)[C@@H](CCC4=CC(=O)C=C[C@@]43C)C1C[C@@H](C)[C@@H]2C(=O)CN. The smallest absolute Gasteiger partial charge is 0.178 e. The minimum absolute atomic E-state index is 0.0174. The van der Waals surface area contributed by atoms with Crippen LogP contribution in [0, 0.1) is 29.1 Å². The maximum atomic E-state index is 16.9. The molecular weight excluding hydrogens is 361 g/mol. The highest BCUT2D eigenvalue weighted by molar-refractivity contribution is 6.01. The molecule has 0 aromatic rings. The number of carbonyl (C=O) groups excluding carboxylic acids is 2. The van der Waals surface area contributed by atoms with Gasteiger partial charge < -0.3 is 15.6 Å². The van der Waals surface area contributed by atoms with Crippen molar-refractivity contribution in [2.75, 3.05) is 13.7 Å². The highest BCUT2D eigenvalue weighted by Gasteiger charge is 2.73. The summed E-state index contributed by atoms with van der Waals surface area (Å²) in [6.45, 7) is 3.71. The molecule has 3 saturated carbocycles. The van der Waals surface area contributed by atoms with E-state index in [9.17, 15) is 14.7 Å². The number of fused-ring (bicyclic) bond motifs is 5. The Kier molecular flexibility index (Phi) is 4.49. The summed E-state index contributed by atoms with van der Waals surface area (Å²) in [5.74, 6) is -1.25. The number of allylic oxidation sites excluding steroid dienone is 4. The lowest BCUT2D eigenvalue weighted by Crippen LogP contribution is -2.69. The molecule has 0 heterocycles. The quantitative estimate of drug-likeness (QED) is 0.769. The summed E-state index contributed by atoms with van der Waals surface area (Å²) in [5, 5.41) is 11.2. The van der Waals surface area contributed by atoms with E-state index in [1.54, 1.807) is 20.1 Å². The average molecular weight is 391 g/mol. The Hall–Kier alpha value is -1.37. The maximum absolute atomic E-state index is 16.9. The van der Waals surface area contributed by atoms with E-state index in [0.29, 0.717) is 19.3 Å². The number of halogens is 1. The summed E-state index contributed by atoms with van der Waals surface area (Å²) >= 11 is 0. The Morgan fingerprint density at radius 1 is 1.43 bits per heavy atom. The molecule has 0 saturated heterocycles. The molecule has 3 N–H and O–H groups in total. The van der Waals surface area contributed by atoms with Gasteiger partial charge in [0, 0.05) is 24.9 Å². The molecule has 3 fully saturated rings. The normalized spacial score (nSPS) is 49.9. The molecule has 154 valence electrons. The largest absolute Gasteiger partial charge is 0.390 e. The number of aliphatic hydroxyl groups excluding tert-OH is 1. The van der Waals surface area contributed by atoms with E-state index in [0.717, 1.165) is 5.57 Å². The van der Waals surface area contributed by atoms with Gasteiger partial charge in [0.05, 0.1) is 24.2 Å². The minimum Gasteiger partial charge on any atom is -0.390 e. The monoisotopic (exact) mass is 391 g/mol. The Labute approximate surface area is 165 Å². The second-order valence-corrected chi connectivity index (χ2v) is 9.37. The van der Waals surface area contributed by atoms with Crippen LogP contribution in [0.5, 0.6) is 0 Å². The number of ketones is 2. The standard InChI is InChI=1S/C22H30FNO4/c1-12-8-16-15-5-4-13-9-14(25)6-7-20(13,2)22(15,23)18(27)10-21(16,28-3)19(12)17(26)11-24/h6-7,9,12,15-16,18-19,27H,4-5,8,10-11,24H2,1-3H3/t12-,15+,16?,18+,19-,20+,21-,22+/m1/s1. The number of rotatable bonds is 3. The molecule has 0 aromatic carbocycles. The first-order valence-electron chi connectivity index (χ1n) is 10.2. The molecule has 0 spiro atoms. The maximum Gasteiger partial charge on any atom is 0.178 e. The lowest BCUT2D eigenvalue weighted by molar-refractivity contribution is -0.230. The molecule has 8 atom stereocenters. The lowest BCUT2D eigenvalue weighted by Gasteiger charge is -2.62. The summed E-state index contributed by atoms with van der Waals surface area (Å²) in [6, 6.07) is 0. The van der Waals surface area contributed by atoms with E-state index in [2.05, 4.69) is 0 Å². The number of ether oxygens (including phenoxy) is 1. The predicted molar refractivity (Wildman–Crippen MR) is 102 cm³/mol. The average Bonchev–Trinajstić information content (AvgIpc) is 2.95. The number of nitrogens with two attached hydrogens (primary N) is 1. The molecule has 4 aliphatic rings. The molecular formula is C22H30FNO4. The molecule has 0 aliphatic heterocycles. The summed E-state index contributed by atoms with van der Waals surface area (Å²) in [7, 11) is 1.56. The van der Waals surface area contributed by atoms with Crippen LogP contribution < -0.4 is 5.73 Å². The van der Waals surface area contributed by atoms with Crippen LogP contribution in [0.1, 0.15) is 39.5 Å². The fourth-order valence-corrected chi connectivity index (χ4v) is 7.19. The molecule has 4 rings (SSSR count). The van der Waals surface area contributed by atoms with Crippen LogP contribution in [0.3, 0.4) is 0 Å². The number of hydrogen-bond donors (Lipinski definition) is 2. The number of Topliss-reactive ketones (excluding diaryl/α,β-unsaturated/α-hetero) is 1.